The van der Waals surface area contributed by atoms with Crippen molar-refractivity contribution in [3.8, 4) is 79.5 Å². The number of rotatable bonds is 7. The third kappa shape index (κ3) is 6.22. The fourth-order valence-corrected chi connectivity index (χ4v) is 8.18. The number of hydrogen-bond donors (Lipinski definition) is 0. The summed E-state index contributed by atoms with van der Waals surface area (Å²) in [5.74, 6) is 3.40. The number of aromatic nitrogens is 6. The van der Waals surface area contributed by atoms with Crippen molar-refractivity contribution in [2.24, 2.45) is 0 Å². The Labute approximate surface area is 321 Å². The van der Waals surface area contributed by atoms with E-state index in [1.807, 2.05) is 127 Å². The highest BCUT2D eigenvalue weighted by molar-refractivity contribution is 7.26. The van der Waals surface area contributed by atoms with Gasteiger partial charge in [-0.15, -0.1) is 11.3 Å². The summed E-state index contributed by atoms with van der Waals surface area (Å²) in [4.78, 5) is 30.4. The van der Waals surface area contributed by atoms with Gasteiger partial charge in [0.1, 0.15) is 0 Å². The Balaban J connectivity index is 1.14. The molecule has 0 saturated carbocycles. The Morgan fingerprint density at radius 1 is 0.273 bits per heavy atom. The SMILES string of the molecule is c1ccc(-c2nc(-c3ccccc3)nc(-c3ccccc3-c3nc(-c4ccccc4)nc(-c4cccc(-c5cccc6c5sc5ccccc56)c4)n3)n2)cc1. The third-order valence-electron chi connectivity index (χ3n) is 9.61. The van der Waals surface area contributed by atoms with Crippen LogP contribution in [-0.2, 0) is 0 Å². The van der Waals surface area contributed by atoms with E-state index >= 15 is 0 Å². The molecule has 3 heterocycles. The lowest BCUT2D eigenvalue weighted by atomic mass is 10.0. The fraction of sp³-hybridized carbons (Fsp3) is 0. The van der Waals surface area contributed by atoms with Crippen LogP contribution in [0.5, 0.6) is 0 Å². The smallest absolute Gasteiger partial charge is 0.164 e. The van der Waals surface area contributed by atoms with Crippen molar-refractivity contribution in [2.75, 3.05) is 0 Å². The standard InChI is InChI=1S/C48H30N6S/c1-4-16-31(17-5-1)43-49-44(32-18-6-2-7-19-32)52-47(51-43)39-25-10-11-26-40(39)48-53-45(33-20-8-3-9-21-33)50-46(54-48)35-23-14-22-34(30-35)36-27-15-28-38-37-24-12-13-29-41(37)55-42(36)38/h1-30H. The predicted octanol–water partition coefficient (Wildman–Crippen LogP) is 12.1. The molecule has 10 aromatic rings. The molecular formula is C48H30N6S. The zero-order chi connectivity index (χ0) is 36.6. The van der Waals surface area contributed by atoms with Crippen LogP contribution in [0.15, 0.2) is 182 Å². The molecule has 0 bridgehead atoms. The molecule has 0 saturated heterocycles. The summed E-state index contributed by atoms with van der Waals surface area (Å²) in [5, 5.41) is 2.54. The second-order valence-electron chi connectivity index (χ2n) is 13.1. The van der Waals surface area contributed by atoms with Crippen LogP contribution in [0.4, 0.5) is 0 Å². The minimum Gasteiger partial charge on any atom is -0.208 e. The first kappa shape index (κ1) is 32.4. The molecular weight excluding hydrogens is 693 g/mol. The Bertz CT molecular complexity index is 2920. The number of hydrogen-bond acceptors (Lipinski definition) is 7. The van der Waals surface area contributed by atoms with E-state index < -0.39 is 0 Å². The molecule has 0 fully saturated rings. The molecule has 0 aliphatic rings. The average molecular weight is 723 g/mol. The zero-order valence-electron chi connectivity index (χ0n) is 29.4. The first-order valence-electron chi connectivity index (χ1n) is 18.0. The number of fused-ring (bicyclic) bond motifs is 3. The molecule has 6 nitrogen and oxygen atoms in total. The highest BCUT2D eigenvalue weighted by atomic mass is 32.1. The third-order valence-corrected chi connectivity index (χ3v) is 10.8. The zero-order valence-corrected chi connectivity index (χ0v) is 30.2. The summed E-state index contributed by atoms with van der Waals surface area (Å²) in [5.41, 5.74) is 7.47. The van der Waals surface area contributed by atoms with Gasteiger partial charge in [-0.25, -0.2) is 29.9 Å². The van der Waals surface area contributed by atoms with Gasteiger partial charge in [-0.05, 0) is 23.3 Å². The van der Waals surface area contributed by atoms with Crippen molar-refractivity contribution in [2.45, 2.75) is 0 Å². The highest BCUT2D eigenvalue weighted by Crippen LogP contribution is 2.41. The van der Waals surface area contributed by atoms with Gasteiger partial charge in [0, 0.05) is 53.6 Å². The Morgan fingerprint density at radius 2 is 0.655 bits per heavy atom. The van der Waals surface area contributed by atoms with Gasteiger partial charge in [-0.3, -0.25) is 0 Å². The first-order valence-corrected chi connectivity index (χ1v) is 18.9. The van der Waals surface area contributed by atoms with Crippen LogP contribution in [-0.4, -0.2) is 29.9 Å². The van der Waals surface area contributed by atoms with Crippen molar-refractivity contribution >= 4 is 31.5 Å². The molecule has 10 rings (SSSR count). The molecule has 0 aliphatic carbocycles. The van der Waals surface area contributed by atoms with Crippen LogP contribution in [0.25, 0.3) is 99.6 Å². The minimum atomic E-state index is 0.527. The molecule has 0 radical (unpaired) electrons. The number of nitrogens with zero attached hydrogens (tertiary/aromatic N) is 6. The van der Waals surface area contributed by atoms with Gasteiger partial charge in [0.2, 0.25) is 0 Å². The van der Waals surface area contributed by atoms with Crippen LogP contribution in [0.2, 0.25) is 0 Å². The summed E-state index contributed by atoms with van der Waals surface area (Å²) in [6.45, 7) is 0. The molecule has 0 unspecified atom stereocenters. The van der Waals surface area contributed by atoms with Crippen molar-refractivity contribution in [1.29, 1.82) is 0 Å². The molecule has 0 N–H and O–H groups in total. The molecule has 7 aromatic carbocycles. The maximum absolute atomic E-state index is 5.19. The number of benzene rings is 7. The van der Waals surface area contributed by atoms with Crippen LogP contribution >= 0.6 is 11.3 Å². The topological polar surface area (TPSA) is 77.3 Å². The fourth-order valence-electron chi connectivity index (χ4n) is 6.94. The maximum Gasteiger partial charge on any atom is 0.164 e. The molecule has 258 valence electrons. The van der Waals surface area contributed by atoms with E-state index in [1.54, 1.807) is 0 Å². The summed E-state index contributed by atoms with van der Waals surface area (Å²) >= 11 is 1.83. The van der Waals surface area contributed by atoms with Crippen LogP contribution in [0.3, 0.4) is 0 Å². The van der Waals surface area contributed by atoms with Crippen molar-refractivity contribution < 1.29 is 0 Å². The maximum atomic E-state index is 5.19. The van der Waals surface area contributed by atoms with Crippen LogP contribution in [0.1, 0.15) is 0 Å². The van der Waals surface area contributed by atoms with Gasteiger partial charge >= 0.3 is 0 Å². The molecule has 0 atom stereocenters. The Kier molecular flexibility index (Phi) is 8.24. The lowest BCUT2D eigenvalue weighted by Crippen LogP contribution is -2.03. The average Bonchev–Trinajstić information content (AvgIpc) is 3.66. The van der Waals surface area contributed by atoms with E-state index in [9.17, 15) is 0 Å². The van der Waals surface area contributed by atoms with E-state index in [1.165, 1.54) is 25.7 Å². The van der Waals surface area contributed by atoms with Crippen molar-refractivity contribution in [3.05, 3.63) is 182 Å². The van der Waals surface area contributed by atoms with Gasteiger partial charge < -0.3 is 0 Å². The van der Waals surface area contributed by atoms with E-state index in [0.29, 0.717) is 34.9 Å². The lowest BCUT2D eigenvalue weighted by molar-refractivity contribution is 1.06. The molecule has 0 spiro atoms. The van der Waals surface area contributed by atoms with E-state index in [-0.39, 0.29) is 0 Å². The second-order valence-corrected chi connectivity index (χ2v) is 14.2. The molecule has 55 heavy (non-hydrogen) atoms. The second kappa shape index (κ2) is 14.0. The van der Waals surface area contributed by atoms with E-state index in [4.69, 9.17) is 29.9 Å². The molecule has 0 aliphatic heterocycles. The summed E-state index contributed by atoms with van der Waals surface area (Å²) in [7, 11) is 0. The van der Waals surface area contributed by atoms with Gasteiger partial charge in [-0.1, -0.05) is 170 Å². The normalized spacial score (nSPS) is 11.3. The Hall–Kier alpha value is -7.22. The minimum absolute atomic E-state index is 0.527. The van der Waals surface area contributed by atoms with Gasteiger partial charge in [0.15, 0.2) is 34.9 Å². The lowest BCUT2D eigenvalue weighted by Gasteiger charge is -2.13. The molecule has 3 aromatic heterocycles. The van der Waals surface area contributed by atoms with Gasteiger partial charge in [-0.2, -0.15) is 0 Å². The summed E-state index contributed by atoms with van der Waals surface area (Å²) in [6, 6.07) is 61.7. The quantitative estimate of drug-likeness (QED) is 0.163. The van der Waals surface area contributed by atoms with Crippen molar-refractivity contribution in [3.63, 3.8) is 0 Å². The van der Waals surface area contributed by atoms with Gasteiger partial charge in [0.05, 0.1) is 0 Å². The highest BCUT2D eigenvalue weighted by Gasteiger charge is 2.20. The van der Waals surface area contributed by atoms with E-state index in [2.05, 4.69) is 66.7 Å². The summed E-state index contributed by atoms with van der Waals surface area (Å²) < 4.78 is 2.54. The largest absolute Gasteiger partial charge is 0.208 e. The first-order chi connectivity index (χ1) is 27.2. The predicted molar refractivity (Wildman–Crippen MR) is 224 cm³/mol. The van der Waals surface area contributed by atoms with Crippen LogP contribution in [0, 0.1) is 0 Å². The number of thiophene rings is 1. The monoisotopic (exact) mass is 722 g/mol. The summed E-state index contributed by atoms with van der Waals surface area (Å²) in [6.07, 6.45) is 0. The molecule has 7 heteroatoms. The Morgan fingerprint density at radius 3 is 1.22 bits per heavy atom. The van der Waals surface area contributed by atoms with Crippen LogP contribution < -0.4 is 0 Å². The van der Waals surface area contributed by atoms with E-state index in [0.717, 1.165) is 38.9 Å². The van der Waals surface area contributed by atoms with Crippen molar-refractivity contribution in [1.82, 2.24) is 29.9 Å². The van der Waals surface area contributed by atoms with Gasteiger partial charge in [0.25, 0.3) is 0 Å². The molecule has 0 amide bonds.